The maximum Gasteiger partial charge on any atom is 0.285 e. The highest BCUT2D eigenvalue weighted by Crippen LogP contribution is 2.28. The SMILES string of the molecule is O=CCN1C=NS(=O)(=O)c2ccccc21. The molecule has 0 aromatic heterocycles. The van der Waals surface area contributed by atoms with E-state index < -0.39 is 10.0 Å². The number of anilines is 1. The van der Waals surface area contributed by atoms with Gasteiger partial charge in [0.05, 0.1) is 12.2 Å². The van der Waals surface area contributed by atoms with E-state index in [0.717, 1.165) is 6.34 Å². The first-order valence-corrected chi connectivity index (χ1v) is 5.69. The van der Waals surface area contributed by atoms with E-state index in [2.05, 4.69) is 4.40 Å². The molecule has 0 aliphatic carbocycles. The van der Waals surface area contributed by atoms with Crippen LogP contribution in [0.3, 0.4) is 0 Å². The van der Waals surface area contributed by atoms with Gasteiger partial charge in [0.2, 0.25) is 0 Å². The maximum atomic E-state index is 11.5. The molecule has 0 unspecified atom stereocenters. The Morgan fingerprint density at radius 3 is 2.80 bits per heavy atom. The molecule has 0 N–H and O–H groups in total. The number of hydrogen-bond acceptors (Lipinski definition) is 4. The average molecular weight is 224 g/mol. The second kappa shape index (κ2) is 3.47. The van der Waals surface area contributed by atoms with Crippen molar-refractivity contribution in [3.05, 3.63) is 24.3 Å². The highest BCUT2D eigenvalue weighted by atomic mass is 32.2. The number of carbonyl (C=O) groups is 1. The summed E-state index contributed by atoms with van der Waals surface area (Å²) in [4.78, 5) is 12.0. The van der Waals surface area contributed by atoms with Crippen molar-refractivity contribution in [2.45, 2.75) is 4.90 Å². The quantitative estimate of drug-likeness (QED) is 0.683. The number of rotatable bonds is 2. The summed E-state index contributed by atoms with van der Waals surface area (Å²) in [5.41, 5.74) is 0.486. The van der Waals surface area contributed by atoms with Crippen LogP contribution in [0.1, 0.15) is 0 Å². The normalized spacial score (nSPS) is 17.2. The van der Waals surface area contributed by atoms with Crippen LogP contribution >= 0.6 is 0 Å². The number of carbonyl (C=O) groups excluding carboxylic acids is 1. The molecule has 2 rings (SSSR count). The van der Waals surface area contributed by atoms with Crippen molar-refractivity contribution in [2.75, 3.05) is 11.4 Å². The Morgan fingerprint density at radius 2 is 2.07 bits per heavy atom. The van der Waals surface area contributed by atoms with E-state index in [-0.39, 0.29) is 11.4 Å². The van der Waals surface area contributed by atoms with Crippen LogP contribution in [0.15, 0.2) is 33.6 Å². The second-order valence-electron chi connectivity index (χ2n) is 2.98. The van der Waals surface area contributed by atoms with Gasteiger partial charge in [0.25, 0.3) is 10.0 Å². The van der Waals surface area contributed by atoms with E-state index >= 15 is 0 Å². The molecule has 0 spiro atoms. The van der Waals surface area contributed by atoms with Crippen LogP contribution in [0.4, 0.5) is 5.69 Å². The molecular weight excluding hydrogens is 216 g/mol. The lowest BCUT2D eigenvalue weighted by Crippen LogP contribution is -2.28. The summed E-state index contributed by atoms with van der Waals surface area (Å²) in [5, 5.41) is 0. The Labute approximate surface area is 87.1 Å². The standard InChI is InChI=1S/C9H8N2O3S/c12-6-5-11-7-10-15(13,14)9-4-2-1-3-8(9)11/h1-4,6-7H,5H2. The summed E-state index contributed by atoms with van der Waals surface area (Å²) in [6, 6.07) is 6.45. The molecule has 0 atom stereocenters. The van der Waals surface area contributed by atoms with Gasteiger partial charge in [-0.25, -0.2) is 0 Å². The largest absolute Gasteiger partial charge is 0.323 e. The fourth-order valence-corrected chi connectivity index (χ4v) is 2.43. The molecular formula is C9H8N2O3S. The third-order valence-corrected chi connectivity index (χ3v) is 3.32. The highest BCUT2D eigenvalue weighted by Gasteiger charge is 2.24. The fraction of sp³-hybridized carbons (Fsp3) is 0.111. The van der Waals surface area contributed by atoms with Crippen LogP contribution in [0.25, 0.3) is 0 Å². The van der Waals surface area contributed by atoms with Crippen LogP contribution in [-0.2, 0) is 14.8 Å². The predicted octanol–water partition coefficient (Wildman–Crippen LogP) is 0.422. The summed E-state index contributed by atoms with van der Waals surface area (Å²) < 4.78 is 26.4. The van der Waals surface area contributed by atoms with E-state index in [9.17, 15) is 13.2 Å². The van der Waals surface area contributed by atoms with Gasteiger partial charge < -0.3 is 9.69 Å². The lowest BCUT2D eigenvalue weighted by Gasteiger charge is -2.22. The van der Waals surface area contributed by atoms with Gasteiger partial charge in [-0.05, 0) is 12.1 Å². The van der Waals surface area contributed by atoms with Crippen LogP contribution in [0, 0.1) is 0 Å². The molecule has 1 aliphatic rings. The van der Waals surface area contributed by atoms with E-state index in [1.165, 1.54) is 11.0 Å². The Morgan fingerprint density at radius 1 is 1.33 bits per heavy atom. The molecule has 0 saturated heterocycles. The van der Waals surface area contributed by atoms with Crippen molar-refractivity contribution in [2.24, 2.45) is 4.40 Å². The monoisotopic (exact) mass is 224 g/mol. The molecule has 6 heteroatoms. The number of aldehydes is 1. The van der Waals surface area contributed by atoms with Crippen molar-refractivity contribution < 1.29 is 13.2 Å². The van der Waals surface area contributed by atoms with Gasteiger partial charge in [0.1, 0.15) is 17.5 Å². The van der Waals surface area contributed by atoms with Gasteiger partial charge in [0.15, 0.2) is 0 Å². The Kier molecular flexibility index (Phi) is 2.28. The first-order chi connectivity index (χ1) is 7.15. The molecule has 0 amide bonds. The minimum absolute atomic E-state index is 0.0933. The topological polar surface area (TPSA) is 66.8 Å². The minimum Gasteiger partial charge on any atom is -0.323 e. The second-order valence-corrected chi connectivity index (χ2v) is 4.58. The van der Waals surface area contributed by atoms with Crippen molar-refractivity contribution in [3.8, 4) is 0 Å². The zero-order valence-corrected chi connectivity index (χ0v) is 8.52. The third kappa shape index (κ3) is 1.63. The van der Waals surface area contributed by atoms with E-state index in [1.807, 2.05) is 0 Å². The number of sulfonamides is 1. The lowest BCUT2D eigenvalue weighted by atomic mass is 10.3. The first kappa shape index (κ1) is 9.85. The molecule has 0 bridgehead atoms. The molecule has 0 fully saturated rings. The molecule has 0 radical (unpaired) electrons. The fourth-order valence-electron chi connectivity index (χ4n) is 1.38. The van der Waals surface area contributed by atoms with Gasteiger partial charge >= 0.3 is 0 Å². The molecule has 1 aromatic rings. The number of hydrogen-bond donors (Lipinski definition) is 0. The number of fused-ring (bicyclic) bond motifs is 1. The molecule has 0 saturated carbocycles. The Balaban J connectivity index is 2.60. The number of benzene rings is 1. The lowest BCUT2D eigenvalue weighted by molar-refractivity contribution is -0.106. The number of para-hydroxylation sites is 1. The van der Waals surface area contributed by atoms with Gasteiger partial charge in [0, 0.05) is 0 Å². The summed E-state index contributed by atoms with van der Waals surface area (Å²) in [5.74, 6) is 0. The third-order valence-electron chi connectivity index (χ3n) is 2.05. The number of nitrogens with zero attached hydrogens (tertiary/aromatic N) is 2. The van der Waals surface area contributed by atoms with Crippen LogP contribution < -0.4 is 4.90 Å². The first-order valence-electron chi connectivity index (χ1n) is 4.25. The van der Waals surface area contributed by atoms with Crippen LogP contribution in [0.5, 0.6) is 0 Å². The van der Waals surface area contributed by atoms with Crippen molar-refractivity contribution in [1.82, 2.24) is 0 Å². The van der Waals surface area contributed by atoms with Gasteiger partial charge in [-0.1, -0.05) is 12.1 Å². The summed E-state index contributed by atoms with van der Waals surface area (Å²) in [7, 11) is -3.58. The van der Waals surface area contributed by atoms with Gasteiger partial charge in [-0.3, -0.25) is 0 Å². The van der Waals surface area contributed by atoms with Crippen LogP contribution in [-0.4, -0.2) is 27.6 Å². The van der Waals surface area contributed by atoms with Crippen molar-refractivity contribution >= 4 is 28.3 Å². The molecule has 1 aliphatic heterocycles. The predicted molar refractivity (Wildman–Crippen MR) is 55.5 cm³/mol. The summed E-state index contributed by atoms with van der Waals surface area (Å²) in [6.07, 6.45) is 1.85. The molecule has 1 heterocycles. The smallest absolute Gasteiger partial charge is 0.285 e. The van der Waals surface area contributed by atoms with Gasteiger partial charge in [-0.2, -0.15) is 8.42 Å². The van der Waals surface area contributed by atoms with E-state index in [4.69, 9.17) is 0 Å². The Bertz CT molecular complexity index is 522. The average Bonchev–Trinajstić information content (AvgIpc) is 2.23. The molecule has 15 heavy (non-hydrogen) atoms. The van der Waals surface area contributed by atoms with E-state index in [0.29, 0.717) is 12.0 Å². The van der Waals surface area contributed by atoms with Crippen molar-refractivity contribution in [3.63, 3.8) is 0 Å². The van der Waals surface area contributed by atoms with Crippen molar-refractivity contribution in [1.29, 1.82) is 0 Å². The van der Waals surface area contributed by atoms with Crippen LogP contribution in [0.2, 0.25) is 0 Å². The highest BCUT2D eigenvalue weighted by molar-refractivity contribution is 7.90. The Hall–Kier alpha value is -1.69. The zero-order valence-electron chi connectivity index (χ0n) is 7.70. The summed E-state index contributed by atoms with van der Waals surface area (Å²) >= 11 is 0. The van der Waals surface area contributed by atoms with E-state index in [1.54, 1.807) is 18.2 Å². The summed E-state index contributed by atoms with van der Waals surface area (Å²) in [6.45, 7) is 0.0933. The zero-order chi connectivity index (χ0) is 10.9. The maximum absolute atomic E-state index is 11.5. The molecule has 78 valence electrons. The molecule has 1 aromatic carbocycles. The van der Waals surface area contributed by atoms with Gasteiger partial charge in [-0.15, -0.1) is 4.40 Å². The molecule has 5 nitrogen and oxygen atoms in total. The minimum atomic E-state index is -3.58.